The Labute approximate surface area is 104 Å². The first-order valence-corrected chi connectivity index (χ1v) is 5.39. The molecular weight excluding hydrogens is 247 g/mol. The van der Waals surface area contributed by atoms with Crippen molar-refractivity contribution < 1.29 is 4.79 Å². The van der Waals surface area contributed by atoms with Gasteiger partial charge in [-0.3, -0.25) is 0 Å². The van der Waals surface area contributed by atoms with E-state index in [1.54, 1.807) is 18.2 Å². The molecule has 0 saturated heterocycles. The van der Waals surface area contributed by atoms with E-state index < -0.39 is 0 Å². The number of hydrogen-bond acceptors (Lipinski definition) is 1. The fourth-order valence-electron chi connectivity index (χ4n) is 0.991. The number of carbonyl (C=O) groups excluding carboxylic acids is 1. The van der Waals surface area contributed by atoms with Crippen LogP contribution in [-0.4, -0.2) is 12.6 Å². The second kappa shape index (κ2) is 5.77. The molecule has 3 nitrogen and oxygen atoms in total. The van der Waals surface area contributed by atoms with Gasteiger partial charge < -0.3 is 10.6 Å². The lowest BCUT2D eigenvalue weighted by Gasteiger charge is -2.09. The minimum absolute atomic E-state index is 0.341. The van der Waals surface area contributed by atoms with Crippen LogP contribution >= 0.6 is 23.2 Å². The molecule has 0 aliphatic carbocycles. The first-order chi connectivity index (χ1) is 7.49. The molecular formula is C11H12Cl2N2O. The monoisotopic (exact) mass is 258 g/mol. The average Bonchev–Trinajstić information content (AvgIpc) is 2.20. The first kappa shape index (κ1) is 12.9. The number of urea groups is 1. The van der Waals surface area contributed by atoms with Gasteiger partial charge in [0.15, 0.2) is 0 Å². The maximum Gasteiger partial charge on any atom is 0.319 e. The van der Waals surface area contributed by atoms with Crippen LogP contribution < -0.4 is 10.6 Å². The fraction of sp³-hybridized carbons (Fsp3) is 0.182. The molecule has 0 fully saturated rings. The summed E-state index contributed by atoms with van der Waals surface area (Å²) in [5, 5.41) is 6.18. The zero-order valence-corrected chi connectivity index (χ0v) is 10.3. The van der Waals surface area contributed by atoms with Gasteiger partial charge in [-0.05, 0) is 25.1 Å². The molecule has 0 aliphatic heterocycles. The number of carbonyl (C=O) groups is 1. The SMILES string of the molecule is C=C(C)CNC(=O)Nc1cc(Cl)ccc1Cl. The molecule has 2 amide bonds. The van der Waals surface area contributed by atoms with Crippen molar-refractivity contribution in [2.24, 2.45) is 0 Å². The van der Waals surface area contributed by atoms with Gasteiger partial charge in [-0.25, -0.2) is 4.79 Å². The third-order valence-corrected chi connectivity index (χ3v) is 2.29. The van der Waals surface area contributed by atoms with E-state index in [4.69, 9.17) is 23.2 Å². The summed E-state index contributed by atoms with van der Waals surface area (Å²) in [6, 6.07) is 4.52. The minimum Gasteiger partial charge on any atom is -0.334 e. The summed E-state index contributed by atoms with van der Waals surface area (Å²) in [4.78, 5) is 11.4. The maximum atomic E-state index is 11.4. The normalized spacial score (nSPS) is 9.69. The van der Waals surface area contributed by atoms with Gasteiger partial charge in [-0.15, -0.1) is 0 Å². The lowest BCUT2D eigenvalue weighted by molar-refractivity contribution is 0.253. The number of nitrogens with one attached hydrogen (secondary N) is 2. The van der Waals surface area contributed by atoms with Crippen molar-refractivity contribution in [3.63, 3.8) is 0 Å². The van der Waals surface area contributed by atoms with Crippen LogP contribution in [-0.2, 0) is 0 Å². The van der Waals surface area contributed by atoms with Gasteiger partial charge >= 0.3 is 6.03 Å². The predicted molar refractivity (Wildman–Crippen MR) is 68.3 cm³/mol. The molecule has 0 saturated carbocycles. The number of halogens is 2. The Morgan fingerprint density at radius 1 is 1.44 bits per heavy atom. The molecule has 1 aromatic rings. The van der Waals surface area contributed by atoms with E-state index in [0.29, 0.717) is 22.3 Å². The van der Waals surface area contributed by atoms with Crippen LogP contribution in [0.2, 0.25) is 10.0 Å². The van der Waals surface area contributed by atoms with E-state index >= 15 is 0 Å². The molecule has 0 aromatic heterocycles. The third-order valence-electron chi connectivity index (χ3n) is 1.73. The van der Waals surface area contributed by atoms with E-state index in [-0.39, 0.29) is 6.03 Å². The molecule has 0 unspecified atom stereocenters. The van der Waals surface area contributed by atoms with Crippen LogP contribution in [0.4, 0.5) is 10.5 Å². The highest BCUT2D eigenvalue weighted by Crippen LogP contribution is 2.25. The highest BCUT2D eigenvalue weighted by atomic mass is 35.5. The van der Waals surface area contributed by atoms with Crippen LogP contribution in [0.1, 0.15) is 6.92 Å². The number of rotatable bonds is 3. The molecule has 0 atom stereocenters. The van der Waals surface area contributed by atoms with Crippen molar-refractivity contribution in [1.29, 1.82) is 0 Å². The number of hydrogen-bond donors (Lipinski definition) is 2. The van der Waals surface area contributed by atoms with Crippen LogP contribution in [0, 0.1) is 0 Å². The molecule has 2 N–H and O–H groups in total. The van der Waals surface area contributed by atoms with Gasteiger partial charge in [0.05, 0.1) is 10.7 Å². The molecule has 0 radical (unpaired) electrons. The van der Waals surface area contributed by atoms with Gasteiger partial charge in [0.2, 0.25) is 0 Å². The van der Waals surface area contributed by atoms with Gasteiger partial charge in [-0.1, -0.05) is 35.4 Å². The highest BCUT2D eigenvalue weighted by Gasteiger charge is 2.05. The Bertz CT molecular complexity index is 418. The van der Waals surface area contributed by atoms with Gasteiger partial charge in [-0.2, -0.15) is 0 Å². The Morgan fingerprint density at radius 2 is 2.12 bits per heavy atom. The van der Waals surface area contributed by atoms with E-state index in [1.807, 2.05) is 6.92 Å². The lowest BCUT2D eigenvalue weighted by atomic mass is 10.3. The average molecular weight is 259 g/mol. The summed E-state index contributed by atoms with van der Waals surface area (Å²) in [6.45, 7) is 5.92. The number of benzene rings is 1. The first-order valence-electron chi connectivity index (χ1n) is 4.63. The standard InChI is InChI=1S/C11H12Cl2N2O/c1-7(2)6-14-11(16)15-10-5-8(12)3-4-9(10)13/h3-5H,1,6H2,2H3,(H2,14,15,16). The molecule has 0 heterocycles. The summed E-state index contributed by atoms with van der Waals surface area (Å²) in [5.74, 6) is 0. The molecule has 0 aliphatic rings. The van der Waals surface area contributed by atoms with Crippen LogP contribution in [0.5, 0.6) is 0 Å². The Hall–Kier alpha value is -1.19. The Morgan fingerprint density at radius 3 is 2.75 bits per heavy atom. The summed E-state index contributed by atoms with van der Waals surface area (Å²) < 4.78 is 0. The molecule has 1 rings (SSSR count). The third kappa shape index (κ3) is 4.13. The zero-order valence-electron chi connectivity index (χ0n) is 8.81. The molecule has 16 heavy (non-hydrogen) atoms. The smallest absolute Gasteiger partial charge is 0.319 e. The van der Waals surface area contributed by atoms with Crippen molar-refractivity contribution in [2.45, 2.75) is 6.92 Å². The summed E-state index contributed by atoms with van der Waals surface area (Å²) in [5.41, 5.74) is 1.35. The van der Waals surface area contributed by atoms with Gasteiger partial charge in [0.1, 0.15) is 0 Å². The number of amides is 2. The van der Waals surface area contributed by atoms with Gasteiger partial charge in [0.25, 0.3) is 0 Å². The molecule has 0 bridgehead atoms. The van der Waals surface area contributed by atoms with Crippen molar-refractivity contribution in [3.8, 4) is 0 Å². The molecule has 0 spiro atoms. The minimum atomic E-state index is -0.341. The van der Waals surface area contributed by atoms with Crippen LogP contribution in [0.3, 0.4) is 0 Å². The second-order valence-corrected chi connectivity index (χ2v) is 4.23. The second-order valence-electron chi connectivity index (χ2n) is 3.39. The Kier molecular flexibility index (Phi) is 4.65. The van der Waals surface area contributed by atoms with E-state index in [1.165, 1.54) is 0 Å². The predicted octanol–water partition coefficient (Wildman–Crippen LogP) is 3.69. The lowest BCUT2D eigenvalue weighted by Crippen LogP contribution is -2.29. The largest absolute Gasteiger partial charge is 0.334 e. The highest BCUT2D eigenvalue weighted by molar-refractivity contribution is 6.35. The maximum absolute atomic E-state index is 11.4. The van der Waals surface area contributed by atoms with Gasteiger partial charge in [0, 0.05) is 11.6 Å². The van der Waals surface area contributed by atoms with Crippen LogP contribution in [0.25, 0.3) is 0 Å². The Balaban J connectivity index is 2.62. The van der Waals surface area contributed by atoms with Crippen molar-refractivity contribution in [3.05, 3.63) is 40.4 Å². The van der Waals surface area contributed by atoms with Crippen molar-refractivity contribution in [2.75, 3.05) is 11.9 Å². The summed E-state index contributed by atoms with van der Waals surface area (Å²) in [6.07, 6.45) is 0. The summed E-state index contributed by atoms with van der Waals surface area (Å²) in [7, 11) is 0. The zero-order chi connectivity index (χ0) is 12.1. The molecule has 5 heteroatoms. The van der Waals surface area contributed by atoms with Crippen LogP contribution in [0.15, 0.2) is 30.4 Å². The topological polar surface area (TPSA) is 41.1 Å². The quantitative estimate of drug-likeness (QED) is 0.798. The fourth-order valence-corrected chi connectivity index (χ4v) is 1.33. The van der Waals surface area contributed by atoms with E-state index in [9.17, 15) is 4.79 Å². The van der Waals surface area contributed by atoms with E-state index in [0.717, 1.165) is 5.57 Å². The molecule has 1 aromatic carbocycles. The van der Waals surface area contributed by atoms with Crippen molar-refractivity contribution >= 4 is 34.9 Å². The molecule has 86 valence electrons. The summed E-state index contributed by atoms with van der Waals surface area (Å²) >= 11 is 11.7. The number of anilines is 1. The van der Waals surface area contributed by atoms with E-state index in [2.05, 4.69) is 17.2 Å². The van der Waals surface area contributed by atoms with Crippen molar-refractivity contribution in [1.82, 2.24) is 5.32 Å².